The minimum absolute atomic E-state index is 0.583. The SMILES string of the molecule is c1ccc2c(NC[C@@H]3CCCCN3)nccc2c1. The van der Waals surface area contributed by atoms with E-state index in [9.17, 15) is 0 Å². The Morgan fingerprint density at radius 2 is 2.17 bits per heavy atom. The molecule has 0 bridgehead atoms. The second-order valence-corrected chi connectivity index (χ2v) is 4.91. The Balaban J connectivity index is 1.74. The molecule has 2 heterocycles. The lowest BCUT2D eigenvalue weighted by molar-refractivity contribution is 0.414. The van der Waals surface area contributed by atoms with Crippen molar-refractivity contribution in [1.82, 2.24) is 10.3 Å². The summed E-state index contributed by atoms with van der Waals surface area (Å²) in [5.41, 5.74) is 0. The predicted molar refractivity (Wildman–Crippen MR) is 75.9 cm³/mol. The maximum atomic E-state index is 4.45. The number of nitrogens with zero attached hydrogens (tertiary/aromatic N) is 1. The van der Waals surface area contributed by atoms with Gasteiger partial charge in [-0.3, -0.25) is 0 Å². The van der Waals surface area contributed by atoms with Crippen LogP contribution in [0.2, 0.25) is 0 Å². The number of rotatable bonds is 3. The smallest absolute Gasteiger partial charge is 0.133 e. The summed E-state index contributed by atoms with van der Waals surface area (Å²) in [6.45, 7) is 2.11. The Morgan fingerprint density at radius 1 is 1.22 bits per heavy atom. The van der Waals surface area contributed by atoms with Crippen LogP contribution < -0.4 is 10.6 Å². The van der Waals surface area contributed by atoms with Crippen molar-refractivity contribution in [2.24, 2.45) is 0 Å². The van der Waals surface area contributed by atoms with Crippen molar-refractivity contribution >= 4 is 16.6 Å². The average molecular weight is 241 g/mol. The summed E-state index contributed by atoms with van der Waals surface area (Å²) in [6.07, 6.45) is 5.78. The molecule has 0 spiro atoms. The molecule has 1 aliphatic heterocycles. The molecule has 1 aliphatic rings. The van der Waals surface area contributed by atoms with Crippen LogP contribution in [0.1, 0.15) is 19.3 Å². The zero-order chi connectivity index (χ0) is 12.2. The summed E-state index contributed by atoms with van der Waals surface area (Å²) in [4.78, 5) is 4.45. The Kier molecular flexibility index (Phi) is 3.42. The highest BCUT2D eigenvalue weighted by atomic mass is 15.0. The van der Waals surface area contributed by atoms with E-state index in [1.165, 1.54) is 30.0 Å². The van der Waals surface area contributed by atoms with Gasteiger partial charge in [0.15, 0.2) is 0 Å². The first-order chi connectivity index (χ1) is 8.93. The van der Waals surface area contributed by atoms with E-state index < -0.39 is 0 Å². The van der Waals surface area contributed by atoms with Crippen molar-refractivity contribution in [1.29, 1.82) is 0 Å². The molecular formula is C15H19N3. The van der Waals surface area contributed by atoms with Crippen LogP contribution in [0.3, 0.4) is 0 Å². The van der Waals surface area contributed by atoms with Gasteiger partial charge in [-0.25, -0.2) is 4.98 Å². The van der Waals surface area contributed by atoms with Gasteiger partial charge in [0.2, 0.25) is 0 Å². The molecule has 3 nitrogen and oxygen atoms in total. The first-order valence-corrected chi connectivity index (χ1v) is 6.74. The molecule has 0 unspecified atom stereocenters. The molecule has 0 amide bonds. The van der Waals surface area contributed by atoms with Crippen molar-refractivity contribution in [3.05, 3.63) is 36.5 Å². The number of anilines is 1. The van der Waals surface area contributed by atoms with Crippen LogP contribution in [-0.4, -0.2) is 24.1 Å². The van der Waals surface area contributed by atoms with Crippen molar-refractivity contribution in [2.45, 2.75) is 25.3 Å². The molecule has 2 aromatic rings. The number of hydrogen-bond donors (Lipinski definition) is 2. The van der Waals surface area contributed by atoms with Crippen molar-refractivity contribution in [3.63, 3.8) is 0 Å². The highest BCUT2D eigenvalue weighted by Gasteiger charge is 2.12. The largest absolute Gasteiger partial charge is 0.368 e. The third-order valence-electron chi connectivity index (χ3n) is 3.60. The topological polar surface area (TPSA) is 37.0 Å². The lowest BCUT2D eigenvalue weighted by atomic mass is 10.1. The van der Waals surface area contributed by atoms with E-state index in [0.717, 1.165) is 18.9 Å². The molecule has 1 atom stereocenters. The van der Waals surface area contributed by atoms with Gasteiger partial charge in [-0.05, 0) is 30.8 Å². The van der Waals surface area contributed by atoms with E-state index in [1.54, 1.807) is 0 Å². The van der Waals surface area contributed by atoms with E-state index in [0.29, 0.717) is 6.04 Å². The third kappa shape index (κ3) is 2.46. The van der Waals surface area contributed by atoms with Crippen LogP contribution in [0.25, 0.3) is 10.8 Å². The molecule has 2 N–H and O–H groups in total. The maximum Gasteiger partial charge on any atom is 0.133 e. The molecule has 0 aliphatic carbocycles. The molecule has 1 aromatic heterocycles. The van der Waals surface area contributed by atoms with Crippen molar-refractivity contribution in [2.75, 3.05) is 18.4 Å². The Hall–Kier alpha value is -1.61. The lowest BCUT2D eigenvalue weighted by Crippen LogP contribution is -2.39. The van der Waals surface area contributed by atoms with E-state index >= 15 is 0 Å². The van der Waals surface area contributed by atoms with Crippen LogP contribution in [0, 0.1) is 0 Å². The second-order valence-electron chi connectivity index (χ2n) is 4.91. The predicted octanol–water partition coefficient (Wildman–Crippen LogP) is 2.79. The number of fused-ring (bicyclic) bond motifs is 1. The van der Waals surface area contributed by atoms with Gasteiger partial charge >= 0.3 is 0 Å². The first-order valence-electron chi connectivity index (χ1n) is 6.74. The van der Waals surface area contributed by atoms with Gasteiger partial charge in [0.05, 0.1) is 0 Å². The minimum atomic E-state index is 0.583. The number of nitrogens with one attached hydrogen (secondary N) is 2. The summed E-state index contributed by atoms with van der Waals surface area (Å²) in [5.74, 6) is 1.00. The highest BCUT2D eigenvalue weighted by Crippen LogP contribution is 2.20. The van der Waals surface area contributed by atoms with Gasteiger partial charge in [0, 0.05) is 24.2 Å². The van der Waals surface area contributed by atoms with E-state index in [4.69, 9.17) is 0 Å². The molecular weight excluding hydrogens is 222 g/mol. The number of benzene rings is 1. The van der Waals surface area contributed by atoms with Crippen LogP contribution in [-0.2, 0) is 0 Å². The zero-order valence-electron chi connectivity index (χ0n) is 10.5. The Bertz CT molecular complexity index is 513. The summed E-state index contributed by atoms with van der Waals surface area (Å²) in [5, 5.41) is 9.48. The van der Waals surface area contributed by atoms with Gasteiger partial charge in [-0.2, -0.15) is 0 Å². The van der Waals surface area contributed by atoms with Crippen LogP contribution in [0.15, 0.2) is 36.5 Å². The van der Waals surface area contributed by atoms with Crippen LogP contribution >= 0.6 is 0 Å². The normalized spacial score (nSPS) is 19.9. The van der Waals surface area contributed by atoms with Gasteiger partial charge in [-0.1, -0.05) is 30.7 Å². The fraction of sp³-hybridized carbons (Fsp3) is 0.400. The molecule has 0 saturated carbocycles. The van der Waals surface area contributed by atoms with Crippen molar-refractivity contribution in [3.8, 4) is 0 Å². The molecule has 1 saturated heterocycles. The minimum Gasteiger partial charge on any atom is -0.368 e. The molecule has 3 rings (SSSR count). The molecule has 94 valence electrons. The average Bonchev–Trinajstić information content (AvgIpc) is 2.46. The summed E-state index contributed by atoms with van der Waals surface area (Å²) < 4.78 is 0. The summed E-state index contributed by atoms with van der Waals surface area (Å²) in [6, 6.07) is 11.0. The molecule has 0 radical (unpaired) electrons. The Labute approximate surface area is 108 Å². The molecule has 1 aromatic carbocycles. The first kappa shape index (κ1) is 11.5. The number of pyridine rings is 1. The maximum absolute atomic E-state index is 4.45. The standard InChI is InChI=1S/C15H19N3/c1-2-7-14-12(5-1)8-10-17-15(14)18-11-13-6-3-4-9-16-13/h1-2,5,7-8,10,13,16H,3-4,6,9,11H2,(H,17,18)/t13-/m0/s1. The number of hydrogen-bond acceptors (Lipinski definition) is 3. The zero-order valence-corrected chi connectivity index (χ0v) is 10.5. The van der Waals surface area contributed by atoms with E-state index in [2.05, 4.69) is 45.9 Å². The van der Waals surface area contributed by atoms with Gasteiger partial charge in [0.25, 0.3) is 0 Å². The fourth-order valence-electron chi connectivity index (χ4n) is 2.58. The molecule has 3 heteroatoms. The van der Waals surface area contributed by atoms with Gasteiger partial charge in [0.1, 0.15) is 5.82 Å². The Morgan fingerprint density at radius 3 is 3.06 bits per heavy atom. The van der Waals surface area contributed by atoms with Crippen LogP contribution in [0.4, 0.5) is 5.82 Å². The van der Waals surface area contributed by atoms with Crippen molar-refractivity contribution < 1.29 is 0 Å². The quantitative estimate of drug-likeness (QED) is 0.867. The van der Waals surface area contributed by atoms with Gasteiger partial charge < -0.3 is 10.6 Å². The summed E-state index contributed by atoms with van der Waals surface area (Å²) in [7, 11) is 0. The number of piperidine rings is 1. The monoisotopic (exact) mass is 241 g/mol. The van der Waals surface area contributed by atoms with E-state index in [1.807, 2.05) is 6.20 Å². The second kappa shape index (κ2) is 5.36. The summed E-state index contributed by atoms with van der Waals surface area (Å²) >= 11 is 0. The lowest BCUT2D eigenvalue weighted by Gasteiger charge is -2.24. The van der Waals surface area contributed by atoms with Gasteiger partial charge in [-0.15, -0.1) is 0 Å². The highest BCUT2D eigenvalue weighted by molar-refractivity contribution is 5.91. The number of aromatic nitrogens is 1. The molecule has 18 heavy (non-hydrogen) atoms. The van der Waals surface area contributed by atoms with E-state index in [-0.39, 0.29) is 0 Å². The third-order valence-corrected chi connectivity index (χ3v) is 3.60. The molecule has 1 fully saturated rings. The van der Waals surface area contributed by atoms with Crippen LogP contribution in [0.5, 0.6) is 0 Å². The fourth-order valence-corrected chi connectivity index (χ4v) is 2.58.